The number of aliphatic carboxylic acids is 2. The maximum atomic E-state index is 12.2. The van der Waals surface area contributed by atoms with Gasteiger partial charge in [-0.2, -0.15) is 0 Å². The van der Waals surface area contributed by atoms with Crippen molar-refractivity contribution in [3.63, 3.8) is 0 Å². The van der Waals surface area contributed by atoms with E-state index in [1.165, 1.54) is 0 Å². The quantitative estimate of drug-likeness (QED) is 0.140. The Morgan fingerprint density at radius 2 is 1.06 bits per heavy atom. The maximum Gasteiger partial charge on any atom is 0.328 e. The molecule has 0 aromatic carbocycles. The fraction of sp³-hybridized carbons (Fsp3) is 0.500. The van der Waals surface area contributed by atoms with Crippen molar-refractivity contribution in [3.8, 4) is 0 Å². The number of unbranched alkanes of at least 4 members (excludes halogenated alkanes) is 2. The number of hydrogen-bond acceptors (Lipinski definition) is 6. The molecule has 176 valence electrons. The zero-order chi connectivity index (χ0) is 23.9. The largest absolute Gasteiger partial charge is 0.478 e. The fourth-order valence-electron chi connectivity index (χ4n) is 2.86. The van der Waals surface area contributed by atoms with Gasteiger partial charge in [0.2, 0.25) is 23.6 Å². The van der Waals surface area contributed by atoms with Crippen LogP contribution >= 0.6 is 0 Å². The van der Waals surface area contributed by atoms with E-state index in [1.807, 2.05) is 0 Å². The van der Waals surface area contributed by atoms with E-state index in [-0.39, 0.29) is 11.8 Å². The highest BCUT2D eigenvalue weighted by Gasteiger charge is 2.32. The van der Waals surface area contributed by atoms with E-state index in [1.54, 1.807) is 0 Å². The van der Waals surface area contributed by atoms with Gasteiger partial charge in [-0.25, -0.2) is 9.59 Å². The van der Waals surface area contributed by atoms with Crippen molar-refractivity contribution in [2.24, 2.45) is 0 Å². The summed E-state index contributed by atoms with van der Waals surface area (Å²) in [6.45, 7) is 0.632. The van der Waals surface area contributed by atoms with Crippen molar-refractivity contribution in [3.05, 3.63) is 24.3 Å². The van der Waals surface area contributed by atoms with Crippen LogP contribution in [0.15, 0.2) is 24.3 Å². The van der Waals surface area contributed by atoms with Gasteiger partial charge in [-0.3, -0.25) is 19.2 Å². The number of carboxylic acids is 2. The van der Waals surface area contributed by atoms with Crippen molar-refractivity contribution >= 4 is 35.6 Å². The Labute approximate surface area is 184 Å². The van der Waals surface area contributed by atoms with Crippen molar-refractivity contribution < 1.29 is 39.0 Å². The third kappa shape index (κ3) is 11.5. The molecule has 1 fully saturated rings. The lowest BCUT2D eigenvalue weighted by Gasteiger charge is -2.29. The molecule has 2 atom stereocenters. The van der Waals surface area contributed by atoms with E-state index >= 15 is 0 Å². The van der Waals surface area contributed by atoms with Crippen molar-refractivity contribution in [1.82, 2.24) is 21.3 Å². The Morgan fingerprint density at radius 1 is 0.688 bits per heavy atom. The molecule has 2 unspecified atom stereocenters. The standard InChI is InChI=1S/C20H28N4O8/c25-15(7-9-17(27)28)21-11-3-1-5-13-19(31)24-14(20(32)23-13)6-2-4-12-22-16(26)8-10-18(29)30/h7-10,13-14H,1-6,11-12H2,(H,21,25)(H,22,26)(H,23,32)(H,24,31)(H,27,28)(H,29,30)/b9-7-,10-8-. The van der Waals surface area contributed by atoms with Gasteiger partial charge in [0, 0.05) is 37.4 Å². The molecule has 1 saturated heterocycles. The van der Waals surface area contributed by atoms with Gasteiger partial charge >= 0.3 is 11.9 Å². The molecule has 1 aliphatic rings. The van der Waals surface area contributed by atoms with Crippen LogP contribution in [0.5, 0.6) is 0 Å². The lowest BCUT2D eigenvalue weighted by atomic mass is 10.0. The lowest BCUT2D eigenvalue weighted by molar-refractivity contribution is -0.137. The van der Waals surface area contributed by atoms with Gasteiger partial charge in [-0.15, -0.1) is 0 Å². The monoisotopic (exact) mass is 452 g/mol. The normalized spacial score (nSPS) is 18.2. The molecular weight excluding hydrogens is 424 g/mol. The van der Waals surface area contributed by atoms with E-state index in [2.05, 4.69) is 21.3 Å². The number of carbonyl (C=O) groups excluding carboxylic acids is 4. The Hall–Kier alpha value is -3.70. The number of nitrogens with one attached hydrogen (secondary N) is 4. The van der Waals surface area contributed by atoms with E-state index in [0.717, 1.165) is 24.3 Å². The molecule has 6 N–H and O–H groups in total. The second-order valence-corrected chi connectivity index (χ2v) is 7.04. The summed E-state index contributed by atoms with van der Waals surface area (Å²) in [6.07, 6.45) is 6.38. The third-order valence-electron chi connectivity index (χ3n) is 4.46. The molecule has 0 saturated carbocycles. The Morgan fingerprint density at radius 3 is 1.41 bits per heavy atom. The van der Waals surface area contributed by atoms with Crippen molar-refractivity contribution in [1.29, 1.82) is 0 Å². The van der Waals surface area contributed by atoms with Crippen LogP contribution in [0.1, 0.15) is 38.5 Å². The summed E-state index contributed by atoms with van der Waals surface area (Å²) >= 11 is 0. The molecule has 0 bridgehead atoms. The summed E-state index contributed by atoms with van der Waals surface area (Å²) < 4.78 is 0. The van der Waals surface area contributed by atoms with Crippen LogP contribution in [0.25, 0.3) is 0 Å². The predicted octanol–water partition coefficient (Wildman–Crippen LogP) is -1.18. The van der Waals surface area contributed by atoms with Gasteiger partial charge in [0.25, 0.3) is 0 Å². The number of amides is 4. The number of piperazine rings is 1. The zero-order valence-corrected chi connectivity index (χ0v) is 17.5. The summed E-state index contributed by atoms with van der Waals surface area (Å²) in [5.41, 5.74) is 0. The highest BCUT2D eigenvalue weighted by molar-refractivity contribution is 5.97. The molecule has 12 nitrogen and oxygen atoms in total. The molecule has 0 aliphatic carbocycles. The molecule has 1 rings (SSSR count). The van der Waals surface area contributed by atoms with E-state index in [9.17, 15) is 28.8 Å². The van der Waals surface area contributed by atoms with Crippen LogP contribution in [0, 0.1) is 0 Å². The minimum Gasteiger partial charge on any atom is -0.478 e. The highest BCUT2D eigenvalue weighted by atomic mass is 16.4. The lowest BCUT2D eigenvalue weighted by Crippen LogP contribution is -2.61. The number of carboxylic acid groups (broad SMARTS) is 2. The second-order valence-electron chi connectivity index (χ2n) is 7.04. The molecule has 0 radical (unpaired) electrons. The maximum absolute atomic E-state index is 12.2. The number of rotatable bonds is 14. The van der Waals surface area contributed by atoms with Gasteiger partial charge in [0.05, 0.1) is 0 Å². The van der Waals surface area contributed by atoms with Crippen LogP contribution in [-0.2, 0) is 28.8 Å². The third-order valence-corrected chi connectivity index (χ3v) is 4.46. The Kier molecular flexibility index (Phi) is 11.8. The molecular formula is C20H28N4O8. The first-order valence-corrected chi connectivity index (χ1v) is 10.2. The molecule has 0 aromatic heterocycles. The fourth-order valence-corrected chi connectivity index (χ4v) is 2.86. The molecule has 1 heterocycles. The van der Waals surface area contributed by atoms with Gasteiger partial charge in [0.15, 0.2) is 0 Å². The molecule has 0 aromatic rings. The minimum absolute atomic E-state index is 0.282. The molecule has 32 heavy (non-hydrogen) atoms. The SMILES string of the molecule is O=C(O)/C=C\C(=O)NCCCCC1NC(=O)C(CCCCNC(=O)/C=C\C(=O)O)NC1=O. The van der Waals surface area contributed by atoms with Crippen molar-refractivity contribution in [2.45, 2.75) is 50.6 Å². The predicted molar refractivity (Wildman–Crippen MR) is 111 cm³/mol. The Bertz CT molecular complexity index is 714. The molecule has 1 aliphatic heterocycles. The van der Waals surface area contributed by atoms with E-state index in [0.29, 0.717) is 51.6 Å². The average Bonchev–Trinajstić information content (AvgIpc) is 2.73. The smallest absolute Gasteiger partial charge is 0.328 e. The summed E-state index contributed by atoms with van der Waals surface area (Å²) in [4.78, 5) is 67.7. The van der Waals surface area contributed by atoms with Gasteiger partial charge < -0.3 is 31.5 Å². The minimum atomic E-state index is -1.21. The summed E-state index contributed by atoms with van der Waals surface area (Å²) in [5, 5.41) is 27.3. The molecule has 0 spiro atoms. The van der Waals surface area contributed by atoms with Gasteiger partial charge in [-0.05, 0) is 38.5 Å². The molecule has 12 heteroatoms. The second kappa shape index (κ2) is 14.3. The molecule has 4 amide bonds. The summed E-state index contributed by atoms with van der Waals surface area (Å²) in [5.74, 6) is -4.03. The van der Waals surface area contributed by atoms with Crippen LogP contribution in [0.3, 0.4) is 0 Å². The average molecular weight is 452 g/mol. The summed E-state index contributed by atoms with van der Waals surface area (Å²) in [6, 6.07) is -1.30. The number of carbonyl (C=O) groups is 6. The van der Waals surface area contributed by atoms with Crippen molar-refractivity contribution in [2.75, 3.05) is 13.1 Å². The first kappa shape index (κ1) is 26.3. The van der Waals surface area contributed by atoms with Crippen LogP contribution in [0.2, 0.25) is 0 Å². The van der Waals surface area contributed by atoms with Crippen LogP contribution < -0.4 is 21.3 Å². The zero-order valence-electron chi connectivity index (χ0n) is 17.5. The first-order valence-electron chi connectivity index (χ1n) is 10.2. The number of hydrogen-bond donors (Lipinski definition) is 6. The van der Waals surface area contributed by atoms with Crippen LogP contribution in [-0.4, -0.2) is 71.0 Å². The first-order chi connectivity index (χ1) is 15.2. The van der Waals surface area contributed by atoms with Crippen LogP contribution in [0.4, 0.5) is 0 Å². The van der Waals surface area contributed by atoms with E-state index < -0.39 is 35.8 Å². The van der Waals surface area contributed by atoms with Gasteiger partial charge in [-0.1, -0.05) is 0 Å². The topological polar surface area (TPSA) is 191 Å². The Balaban J connectivity index is 2.20. The highest BCUT2D eigenvalue weighted by Crippen LogP contribution is 2.10. The van der Waals surface area contributed by atoms with E-state index in [4.69, 9.17) is 10.2 Å². The summed E-state index contributed by atoms with van der Waals surface area (Å²) in [7, 11) is 0. The van der Waals surface area contributed by atoms with Gasteiger partial charge in [0.1, 0.15) is 12.1 Å².